The van der Waals surface area contributed by atoms with Crippen molar-refractivity contribution < 1.29 is 15.0 Å². The summed E-state index contributed by atoms with van der Waals surface area (Å²) in [5.41, 5.74) is 6.83. The number of aryl methyl sites for hydroxylation is 1. The van der Waals surface area contributed by atoms with Crippen LogP contribution in [0.2, 0.25) is 0 Å². The van der Waals surface area contributed by atoms with Gasteiger partial charge in [-0.15, -0.1) is 0 Å². The molecule has 1 rings (SSSR count). The van der Waals surface area contributed by atoms with Crippen LogP contribution in [0.4, 0.5) is 10.5 Å². The van der Waals surface area contributed by atoms with Crippen LogP contribution in [0.1, 0.15) is 25.0 Å². The fourth-order valence-electron chi connectivity index (χ4n) is 2.09. The van der Waals surface area contributed by atoms with E-state index in [1.807, 2.05) is 6.92 Å². The Morgan fingerprint density at radius 1 is 1.40 bits per heavy atom. The number of nitrogens with one attached hydrogen (secondary N) is 2. The average Bonchev–Trinajstić information content (AvgIpc) is 2.42. The van der Waals surface area contributed by atoms with Crippen molar-refractivity contribution in [1.29, 1.82) is 5.41 Å². The van der Waals surface area contributed by atoms with Gasteiger partial charge in [0.15, 0.2) is 11.5 Å². The molecule has 0 heterocycles. The van der Waals surface area contributed by atoms with E-state index in [-0.39, 0.29) is 11.5 Å². The number of benzene rings is 1. The van der Waals surface area contributed by atoms with Crippen LogP contribution in [0, 0.1) is 5.41 Å². The molecule has 0 aromatic heterocycles. The number of phenols is 2. The Hall–Kier alpha value is -2.44. The number of rotatable bonds is 3. The summed E-state index contributed by atoms with van der Waals surface area (Å²) >= 11 is 0. The molecule has 0 atom stereocenters. The van der Waals surface area contributed by atoms with Crippen molar-refractivity contribution in [3.05, 3.63) is 17.2 Å². The minimum Gasteiger partial charge on any atom is -0.504 e. The van der Waals surface area contributed by atoms with E-state index in [9.17, 15) is 15.0 Å². The molecular formula is C13H20N4O3. The molecule has 1 aromatic carbocycles. The first-order valence-electron chi connectivity index (χ1n) is 6.31. The average molecular weight is 280 g/mol. The first-order chi connectivity index (χ1) is 9.38. The van der Waals surface area contributed by atoms with Crippen molar-refractivity contribution in [3.8, 4) is 11.5 Å². The van der Waals surface area contributed by atoms with Crippen molar-refractivity contribution in [2.75, 3.05) is 11.9 Å². The SMILES string of the molecule is CCc1cc(O)c(O)c(CC)c1N(C(=N)N)C(=O)NC. The van der Waals surface area contributed by atoms with Gasteiger partial charge >= 0.3 is 6.03 Å². The number of amides is 2. The third-order valence-electron chi connectivity index (χ3n) is 3.05. The Bertz CT molecular complexity index is 543. The highest BCUT2D eigenvalue weighted by Gasteiger charge is 2.26. The summed E-state index contributed by atoms with van der Waals surface area (Å²) in [5, 5.41) is 29.7. The second-order valence-corrected chi connectivity index (χ2v) is 4.21. The summed E-state index contributed by atoms with van der Waals surface area (Å²) in [5.74, 6) is -1.00. The minimum absolute atomic E-state index is 0.247. The van der Waals surface area contributed by atoms with E-state index in [1.165, 1.54) is 13.1 Å². The standard InChI is InChI=1S/C13H20N4O3/c1-4-7-6-9(18)11(19)8(5-2)10(7)17(12(14)15)13(20)16-3/h6,18-19H,4-5H2,1-3H3,(H3,14,15)(H,16,20). The number of nitrogens with zero attached hydrogens (tertiary/aromatic N) is 1. The maximum Gasteiger partial charge on any atom is 0.328 e. The van der Waals surface area contributed by atoms with Gasteiger partial charge in [-0.05, 0) is 24.5 Å². The molecule has 0 aliphatic heterocycles. The zero-order valence-electron chi connectivity index (χ0n) is 11.8. The fraction of sp³-hybridized carbons (Fsp3) is 0.385. The van der Waals surface area contributed by atoms with Gasteiger partial charge in [-0.2, -0.15) is 0 Å². The predicted octanol–water partition coefficient (Wildman–Crippen LogP) is 1.26. The molecule has 0 saturated carbocycles. The lowest BCUT2D eigenvalue weighted by atomic mass is 10.00. The van der Waals surface area contributed by atoms with Crippen LogP contribution in [0.25, 0.3) is 0 Å². The maximum absolute atomic E-state index is 11.9. The summed E-state index contributed by atoms with van der Waals surface area (Å²) in [7, 11) is 1.43. The number of anilines is 1. The Morgan fingerprint density at radius 3 is 2.40 bits per heavy atom. The van der Waals surface area contributed by atoms with Gasteiger partial charge in [-0.25, -0.2) is 9.69 Å². The number of urea groups is 1. The van der Waals surface area contributed by atoms with Crippen LogP contribution in [-0.4, -0.2) is 29.3 Å². The molecular weight excluding hydrogens is 260 g/mol. The molecule has 20 heavy (non-hydrogen) atoms. The highest BCUT2D eigenvalue weighted by molar-refractivity contribution is 6.15. The monoisotopic (exact) mass is 280 g/mol. The van der Waals surface area contributed by atoms with Crippen LogP contribution in [-0.2, 0) is 12.8 Å². The van der Waals surface area contributed by atoms with Crippen molar-refractivity contribution in [2.24, 2.45) is 5.73 Å². The van der Waals surface area contributed by atoms with E-state index in [4.69, 9.17) is 11.1 Å². The zero-order chi connectivity index (χ0) is 15.4. The molecule has 0 saturated heterocycles. The molecule has 0 bridgehead atoms. The molecule has 0 radical (unpaired) electrons. The van der Waals surface area contributed by atoms with Gasteiger partial charge < -0.3 is 21.3 Å². The van der Waals surface area contributed by atoms with E-state index in [0.717, 1.165) is 4.90 Å². The van der Waals surface area contributed by atoms with Crippen molar-refractivity contribution in [1.82, 2.24) is 5.32 Å². The number of hydrogen-bond acceptors (Lipinski definition) is 4. The molecule has 0 fully saturated rings. The zero-order valence-corrected chi connectivity index (χ0v) is 11.8. The van der Waals surface area contributed by atoms with Crippen LogP contribution in [0.3, 0.4) is 0 Å². The summed E-state index contributed by atoms with van der Waals surface area (Å²) in [6.07, 6.45) is 0.889. The van der Waals surface area contributed by atoms with Gasteiger partial charge in [-0.3, -0.25) is 5.41 Å². The number of guanidine groups is 1. The lowest BCUT2D eigenvalue weighted by molar-refractivity contribution is 0.251. The van der Waals surface area contributed by atoms with Crippen LogP contribution < -0.4 is 16.0 Å². The topological polar surface area (TPSA) is 123 Å². The number of carbonyl (C=O) groups is 1. The number of nitrogens with two attached hydrogens (primary N) is 1. The van der Waals surface area contributed by atoms with E-state index in [1.54, 1.807) is 6.92 Å². The van der Waals surface area contributed by atoms with Crippen molar-refractivity contribution in [3.63, 3.8) is 0 Å². The molecule has 110 valence electrons. The first-order valence-corrected chi connectivity index (χ1v) is 6.31. The normalized spacial score (nSPS) is 10.2. The van der Waals surface area contributed by atoms with Crippen molar-refractivity contribution in [2.45, 2.75) is 26.7 Å². The summed E-state index contributed by atoms with van der Waals surface area (Å²) in [6, 6.07) is 0.801. The summed E-state index contributed by atoms with van der Waals surface area (Å²) < 4.78 is 0. The Morgan fingerprint density at radius 2 is 2.00 bits per heavy atom. The quantitative estimate of drug-likeness (QED) is 0.325. The van der Waals surface area contributed by atoms with Crippen LogP contribution in [0.5, 0.6) is 11.5 Å². The highest BCUT2D eigenvalue weighted by Crippen LogP contribution is 2.40. The van der Waals surface area contributed by atoms with Gasteiger partial charge in [0.05, 0.1) is 5.69 Å². The molecule has 1 aromatic rings. The smallest absolute Gasteiger partial charge is 0.328 e. The largest absolute Gasteiger partial charge is 0.504 e. The molecule has 7 nitrogen and oxygen atoms in total. The summed E-state index contributed by atoms with van der Waals surface area (Å²) in [4.78, 5) is 12.9. The van der Waals surface area contributed by atoms with E-state index in [0.29, 0.717) is 29.7 Å². The third-order valence-corrected chi connectivity index (χ3v) is 3.05. The number of carbonyl (C=O) groups excluding carboxylic acids is 1. The number of hydrogen-bond donors (Lipinski definition) is 5. The molecule has 7 heteroatoms. The Kier molecular flexibility index (Phi) is 4.79. The summed E-state index contributed by atoms with van der Waals surface area (Å²) in [6.45, 7) is 3.62. The second-order valence-electron chi connectivity index (χ2n) is 4.21. The molecule has 0 unspecified atom stereocenters. The number of aromatic hydroxyl groups is 2. The fourth-order valence-corrected chi connectivity index (χ4v) is 2.09. The lowest BCUT2D eigenvalue weighted by Crippen LogP contribution is -2.47. The van der Waals surface area contributed by atoms with Gasteiger partial charge in [0.1, 0.15) is 0 Å². The van der Waals surface area contributed by atoms with E-state index < -0.39 is 12.0 Å². The molecule has 2 amide bonds. The van der Waals surface area contributed by atoms with Gasteiger partial charge in [0.25, 0.3) is 0 Å². The highest BCUT2D eigenvalue weighted by atomic mass is 16.3. The molecule has 6 N–H and O–H groups in total. The lowest BCUT2D eigenvalue weighted by Gasteiger charge is -2.26. The van der Waals surface area contributed by atoms with Crippen LogP contribution >= 0.6 is 0 Å². The van der Waals surface area contributed by atoms with E-state index in [2.05, 4.69) is 5.32 Å². The molecule has 0 aliphatic carbocycles. The van der Waals surface area contributed by atoms with Crippen LogP contribution in [0.15, 0.2) is 6.07 Å². The number of phenolic OH excluding ortho intramolecular Hbond substituents is 2. The second kappa shape index (κ2) is 6.14. The molecule has 0 aliphatic rings. The van der Waals surface area contributed by atoms with E-state index >= 15 is 0 Å². The maximum atomic E-state index is 11.9. The predicted molar refractivity (Wildman–Crippen MR) is 77.4 cm³/mol. The first kappa shape index (κ1) is 15.6. The van der Waals surface area contributed by atoms with Gasteiger partial charge in [0, 0.05) is 12.6 Å². The Labute approximate surface area is 117 Å². The minimum atomic E-state index is -0.577. The third kappa shape index (κ3) is 2.61. The molecule has 0 spiro atoms. The Balaban J connectivity index is 3.66. The van der Waals surface area contributed by atoms with Gasteiger partial charge in [-0.1, -0.05) is 13.8 Å². The van der Waals surface area contributed by atoms with Crippen molar-refractivity contribution >= 4 is 17.7 Å². The van der Waals surface area contributed by atoms with Gasteiger partial charge in [0.2, 0.25) is 5.96 Å².